The van der Waals surface area contributed by atoms with Crippen LogP contribution in [0.25, 0.3) is 0 Å². The summed E-state index contributed by atoms with van der Waals surface area (Å²) < 4.78 is 0. The van der Waals surface area contributed by atoms with Crippen molar-refractivity contribution in [2.75, 3.05) is 0 Å². The van der Waals surface area contributed by atoms with Crippen LogP contribution in [0.15, 0.2) is 0 Å². The number of rotatable bonds is 4. The lowest BCUT2D eigenvalue weighted by Crippen LogP contribution is -2.39. The molecular weight excluding hydrogens is 158 g/mol. The Kier molecular flexibility index (Phi) is 2.68. The minimum atomic E-state index is -0.933. The summed E-state index contributed by atoms with van der Waals surface area (Å²) >= 11 is 0. The van der Waals surface area contributed by atoms with Gasteiger partial charge in [-0.3, -0.25) is 4.79 Å². The Morgan fingerprint density at radius 1 is 1.58 bits per heavy atom. The summed E-state index contributed by atoms with van der Waals surface area (Å²) in [5, 5.41) is 11.1. The first-order chi connectivity index (χ1) is 5.59. The molecule has 12 heavy (non-hydrogen) atoms. The van der Waals surface area contributed by atoms with Gasteiger partial charge in [-0.1, -0.05) is 12.8 Å². The van der Waals surface area contributed by atoms with Crippen molar-refractivity contribution in [1.29, 1.82) is 0 Å². The second-order valence-electron chi connectivity index (χ2n) is 3.27. The Balaban J connectivity index is 2.36. The molecule has 2 N–H and O–H groups in total. The van der Waals surface area contributed by atoms with Crippen LogP contribution in [-0.4, -0.2) is 23.0 Å². The number of amides is 1. The summed E-state index contributed by atoms with van der Waals surface area (Å²) in [6.07, 6.45) is 2.78. The van der Waals surface area contributed by atoms with Crippen molar-refractivity contribution in [3.8, 4) is 0 Å². The highest BCUT2D eigenvalue weighted by molar-refractivity contribution is 5.82. The third-order valence-corrected chi connectivity index (χ3v) is 1.94. The minimum Gasteiger partial charge on any atom is -0.480 e. The number of nitrogens with one attached hydrogen (secondary N) is 1. The Morgan fingerprint density at radius 3 is 2.50 bits per heavy atom. The summed E-state index contributed by atoms with van der Waals surface area (Å²) in [4.78, 5) is 21.2. The van der Waals surface area contributed by atoms with Crippen LogP contribution in [0.5, 0.6) is 0 Å². The Morgan fingerprint density at radius 2 is 2.17 bits per heavy atom. The summed E-state index contributed by atoms with van der Waals surface area (Å²) in [5.41, 5.74) is 0. The first-order valence-electron chi connectivity index (χ1n) is 4.09. The molecule has 0 heterocycles. The van der Waals surface area contributed by atoms with Crippen molar-refractivity contribution in [3.05, 3.63) is 0 Å². The van der Waals surface area contributed by atoms with Crippen LogP contribution in [0, 0.1) is 5.92 Å². The summed E-state index contributed by atoms with van der Waals surface area (Å²) in [6.45, 7) is 1.34. The first-order valence-corrected chi connectivity index (χ1v) is 4.09. The van der Waals surface area contributed by atoms with E-state index in [1.165, 1.54) is 6.92 Å². The van der Waals surface area contributed by atoms with Crippen molar-refractivity contribution in [3.63, 3.8) is 0 Å². The van der Waals surface area contributed by atoms with E-state index in [0.717, 1.165) is 12.8 Å². The largest absolute Gasteiger partial charge is 0.480 e. The highest BCUT2D eigenvalue weighted by Gasteiger charge is 2.29. The van der Waals surface area contributed by atoms with E-state index in [2.05, 4.69) is 5.32 Å². The highest BCUT2D eigenvalue weighted by atomic mass is 16.4. The number of carbonyl (C=O) groups excluding carboxylic acids is 1. The van der Waals surface area contributed by atoms with Crippen molar-refractivity contribution >= 4 is 11.9 Å². The molecule has 0 aromatic rings. The van der Waals surface area contributed by atoms with Gasteiger partial charge in [-0.05, 0) is 12.3 Å². The minimum absolute atomic E-state index is 0.275. The third kappa shape index (κ3) is 2.90. The molecule has 1 fully saturated rings. The molecule has 1 amide bonds. The second-order valence-corrected chi connectivity index (χ2v) is 3.27. The first kappa shape index (κ1) is 9.03. The van der Waals surface area contributed by atoms with Crippen LogP contribution in [0.2, 0.25) is 0 Å². The maximum absolute atomic E-state index is 10.6. The molecule has 0 spiro atoms. The highest BCUT2D eigenvalue weighted by Crippen LogP contribution is 2.33. The smallest absolute Gasteiger partial charge is 0.326 e. The molecule has 0 aromatic carbocycles. The van der Waals surface area contributed by atoms with E-state index in [1.54, 1.807) is 0 Å². The predicted molar refractivity (Wildman–Crippen MR) is 42.6 cm³/mol. The zero-order valence-electron chi connectivity index (χ0n) is 7.04. The number of carboxylic acids is 1. The zero-order valence-corrected chi connectivity index (χ0v) is 7.04. The van der Waals surface area contributed by atoms with Crippen LogP contribution in [0.3, 0.4) is 0 Å². The molecule has 1 rings (SSSR count). The van der Waals surface area contributed by atoms with E-state index in [-0.39, 0.29) is 5.91 Å². The SMILES string of the molecule is CC(=O)NC(CC1CC1)C(=O)O. The van der Waals surface area contributed by atoms with Gasteiger partial charge >= 0.3 is 5.97 Å². The zero-order chi connectivity index (χ0) is 9.14. The maximum Gasteiger partial charge on any atom is 0.326 e. The van der Waals surface area contributed by atoms with E-state index in [0.29, 0.717) is 12.3 Å². The standard InChI is InChI=1S/C8H13NO3/c1-5(10)9-7(8(11)12)4-6-2-3-6/h6-7H,2-4H2,1H3,(H,9,10)(H,11,12). The van der Waals surface area contributed by atoms with Crippen molar-refractivity contribution in [2.24, 2.45) is 5.92 Å². The molecule has 1 atom stereocenters. The van der Waals surface area contributed by atoms with Crippen molar-refractivity contribution in [2.45, 2.75) is 32.2 Å². The average molecular weight is 171 g/mol. The van der Waals surface area contributed by atoms with E-state index in [9.17, 15) is 9.59 Å². The number of hydrogen-bond acceptors (Lipinski definition) is 2. The van der Waals surface area contributed by atoms with Gasteiger partial charge in [-0.15, -0.1) is 0 Å². The topological polar surface area (TPSA) is 66.4 Å². The molecule has 0 saturated heterocycles. The summed E-state index contributed by atoms with van der Waals surface area (Å²) in [5.74, 6) is -0.696. The van der Waals surface area contributed by atoms with E-state index in [4.69, 9.17) is 5.11 Å². The molecule has 1 saturated carbocycles. The van der Waals surface area contributed by atoms with Gasteiger partial charge in [-0.2, -0.15) is 0 Å². The van der Waals surface area contributed by atoms with Crippen LogP contribution in [-0.2, 0) is 9.59 Å². The molecule has 0 bridgehead atoms. The molecule has 1 aliphatic rings. The van der Waals surface area contributed by atoms with Crippen molar-refractivity contribution in [1.82, 2.24) is 5.32 Å². The van der Waals surface area contributed by atoms with E-state index in [1.807, 2.05) is 0 Å². The monoisotopic (exact) mass is 171 g/mol. The third-order valence-electron chi connectivity index (χ3n) is 1.94. The Bertz CT molecular complexity index is 198. The molecule has 4 nitrogen and oxygen atoms in total. The lowest BCUT2D eigenvalue weighted by atomic mass is 10.1. The molecule has 4 heteroatoms. The number of hydrogen-bond donors (Lipinski definition) is 2. The molecule has 0 aromatic heterocycles. The summed E-state index contributed by atoms with van der Waals surface area (Å²) in [7, 11) is 0. The van der Waals surface area contributed by atoms with Gasteiger partial charge in [0.15, 0.2) is 0 Å². The fraction of sp³-hybridized carbons (Fsp3) is 0.750. The van der Waals surface area contributed by atoms with Crippen LogP contribution in [0.4, 0.5) is 0 Å². The van der Waals surface area contributed by atoms with Gasteiger partial charge in [-0.25, -0.2) is 4.79 Å². The lowest BCUT2D eigenvalue weighted by Gasteiger charge is -2.11. The van der Waals surface area contributed by atoms with Gasteiger partial charge in [0.2, 0.25) is 5.91 Å². The second kappa shape index (κ2) is 3.56. The van der Waals surface area contributed by atoms with E-state index < -0.39 is 12.0 Å². The van der Waals surface area contributed by atoms with Gasteiger partial charge in [0.25, 0.3) is 0 Å². The van der Waals surface area contributed by atoms with Gasteiger partial charge in [0.05, 0.1) is 0 Å². The van der Waals surface area contributed by atoms with Crippen molar-refractivity contribution < 1.29 is 14.7 Å². The Labute approximate surface area is 71.0 Å². The van der Waals surface area contributed by atoms with Gasteiger partial charge in [0.1, 0.15) is 6.04 Å². The predicted octanol–water partition coefficient (Wildman–Crippen LogP) is 0.376. The normalized spacial score (nSPS) is 18.4. The van der Waals surface area contributed by atoms with Crippen LogP contribution < -0.4 is 5.32 Å². The van der Waals surface area contributed by atoms with Gasteiger partial charge in [0, 0.05) is 6.92 Å². The number of aliphatic carboxylic acids is 1. The van der Waals surface area contributed by atoms with Crippen LogP contribution >= 0.6 is 0 Å². The van der Waals surface area contributed by atoms with Gasteiger partial charge < -0.3 is 10.4 Å². The molecule has 1 unspecified atom stereocenters. The number of carboxylic acid groups (broad SMARTS) is 1. The molecule has 1 aliphatic carbocycles. The molecule has 68 valence electrons. The number of carbonyl (C=O) groups is 2. The quantitative estimate of drug-likeness (QED) is 0.642. The molecule has 0 radical (unpaired) electrons. The summed E-state index contributed by atoms with van der Waals surface area (Å²) in [6, 6.07) is -0.685. The average Bonchev–Trinajstić information content (AvgIpc) is 2.68. The Hall–Kier alpha value is -1.06. The fourth-order valence-electron chi connectivity index (χ4n) is 1.15. The fourth-order valence-corrected chi connectivity index (χ4v) is 1.15. The van der Waals surface area contributed by atoms with E-state index >= 15 is 0 Å². The molecule has 0 aliphatic heterocycles. The van der Waals surface area contributed by atoms with Crippen LogP contribution in [0.1, 0.15) is 26.2 Å². The lowest BCUT2D eigenvalue weighted by molar-refractivity contribution is -0.141. The molecular formula is C8H13NO3. The maximum atomic E-state index is 10.6.